The van der Waals surface area contributed by atoms with Crippen molar-refractivity contribution in [3.05, 3.63) is 90.2 Å². The molecule has 30 heavy (non-hydrogen) atoms. The van der Waals surface area contributed by atoms with E-state index in [0.717, 1.165) is 33.5 Å². The Kier molecular flexibility index (Phi) is 8.50. The predicted molar refractivity (Wildman–Crippen MR) is 123 cm³/mol. The van der Waals surface area contributed by atoms with Gasteiger partial charge in [-0.1, -0.05) is 32.6 Å². The minimum absolute atomic E-state index is 0.0394. The molecule has 0 atom stereocenters. The predicted octanol–water partition coefficient (Wildman–Crippen LogP) is 7.06. The largest absolute Gasteiger partial charge is 0.465 e. The van der Waals surface area contributed by atoms with Crippen LogP contribution in [-0.4, -0.2) is 10.9 Å². The molecule has 4 nitrogen and oxygen atoms in total. The van der Waals surface area contributed by atoms with Gasteiger partial charge in [0.05, 0.1) is 23.0 Å². The fourth-order valence-corrected chi connectivity index (χ4v) is 3.70. The van der Waals surface area contributed by atoms with Crippen LogP contribution in [0.5, 0.6) is 0 Å². The lowest BCUT2D eigenvalue weighted by molar-refractivity contribution is 0.102. The van der Waals surface area contributed by atoms with Crippen LogP contribution in [0.3, 0.4) is 0 Å². The molecule has 3 aromatic rings. The lowest BCUT2D eigenvalue weighted by atomic mass is 10.0. The molecule has 156 valence electrons. The number of hydrogen-bond acceptors (Lipinski definition) is 4. The number of allylic oxidation sites excluding steroid dienone is 1. The summed E-state index contributed by atoms with van der Waals surface area (Å²) in [6, 6.07) is 11.1. The van der Waals surface area contributed by atoms with Crippen molar-refractivity contribution in [1.29, 1.82) is 0 Å². The van der Waals surface area contributed by atoms with E-state index in [-0.39, 0.29) is 5.56 Å². The third kappa shape index (κ3) is 5.42. The minimum Gasteiger partial charge on any atom is -0.465 e. The van der Waals surface area contributed by atoms with E-state index in [4.69, 9.17) is 4.74 Å². The first-order valence-electron chi connectivity index (χ1n) is 9.59. The number of carbonyl (C=O) groups excluding carboxylic acids is 1. The second-order valence-electron chi connectivity index (χ2n) is 5.94. The van der Waals surface area contributed by atoms with E-state index >= 15 is 0 Å². The van der Waals surface area contributed by atoms with Crippen LogP contribution in [0.25, 0.3) is 16.2 Å². The number of anilines is 1. The highest BCUT2D eigenvalue weighted by Crippen LogP contribution is 2.35. The summed E-state index contributed by atoms with van der Waals surface area (Å²) in [6.07, 6.45) is 5.68. The molecular weight excluding hydrogens is 399 g/mol. The Morgan fingerprint density at radius 2 is 2.00 bits per heavy atom. The van der Waals surface area contributed by atoms with E-state index in [1.165, 1.54) is 29.9 Å². The van der Waals surface area contributed by atoms with E-state index in [1.807, 2.05) is 58.0 Å². The highest BCUT2D eigenvalue weighted by molar-refractivity contribution is 7.19. The van der Waals surface area contributed by atoms with Gasteiger partial charge in [0.1, 0.15) is 5.76 Å². The van der Waals surface area contributed by atoms with Crippen LogP contribution in [0.4, 0.5) is 9.39 Å². The van der Waals surface area contributed by atoms with Gasteiger partial charge in [0.25, 0.3) is 5.91 Å². The average molecular weight is 425 g/mol. The summed E-state index contributed by atoms with van der Waals surface area (Å²) in [5, 5.41) is 3.37. The molecular formula is C24H25FN2O2S. The Balaban J connectivity index is 0.00000155. The number of nitrogens with one attached hydrogen (secondary N) is 1. The number of ether oxygens (including phenoxy) is 1. The third-order valence-corrected chi connectivity index (χ3v) is 5.15. The number of nitrogens with zero attached hydrogens (tertiary/aromatic N) is 1. The monoisotopic (exact) mass is 424 g/mol. The van der Waals surface area contributed by atoms with Crippen LogP contribution >= 0.6 is 11.3 Å². The Labute approximate surface area is 180 Å². The number of hydrogen-bond donors (Lipinski definition) is 1. The Morgan fingerprint density at radius 3 is 2.67 bits per heavy atom. The summed E-state index contributed by atoms with van der Waals surface area (Å²) in [7, 11) is 0. The smallest absolute Gasteiger partial charge is 0.259 e. The summed E-state index contributed by atoms with van der Waals surface area (Å²) < 4.78 is 19.2. The first-order valence-corrected chi connectivity index (χ1v) is 10.4. The molecule has 2 heterocycles. The van der Waals surface area contributed by atoms with Crippen molar-refractivity contribution in [2.24, 2.45) is 0 Å². The lowest BCUT2D eigenvalue weighted by Gasteiger charge is -2.10. The minimum atomic E-state index is -0.651. The Morgan fingerprint density at radius 1 is 1.23 bits per heavy atom. The first kappa shape index (κ1) is 23.0. The van der Waals surface area contributed by atoms with Gasteiger partial charge in [-0.3, -0.25) is 9.78 Å². The van der Waals surface area contributed by atoms with Crippen molar-refractivity contribution in [2.75, 3.05) is 5.32 Å². The molecule has 0 radical (unpaired) electrons. The Hall–Kier alpha value is -3.25. The van der Waals surface area contributed by atoms with Crippen molar-refractivity contribution in [1.82, 2.24) is 4.98 Å². The SMILES string of the molecule is C=CO/C(=C\C)c1ccc(C)c(-c2ccc(NC(=O)c3ccncc3F)s2)c1.CC. The molecule has 0 aliphatic heterocycles. The van der Waals surface area contributed by atoms with Crippen LogP contribution in [-0.2, 0) is 4.74 Å². The van der Waals surface area contributed by atoms with Gasteiger partial charge < -0.3 is 10.1 Å². The van der Waals surface area contributed by atoms with Gasteiger partial charge in [-0.25, -0.2) is 4.39 Å². The molecule has 0 spiro atoms. The number of pyridine rings is 1. The number of halogens is 1. The standard InChI is InChI=1S/C22H19FN2O2S.C2H6/c1-4-19(27-5-2)15-7-6-14(3)17(12-15)20-8-9-21(28-20)25-22(26)16-10-11-24-13-18(16)23;1-2/h4-13H,2H2,1,3H3,(H,25,26);1-2H3/b19-4-;. The second-order valence-corrected chi connectivity index (χ2v) is 7.02. The van der Waals surface area contributed by atoms with E-state index in [2.05, 4.69) is 16.9 Å². The number of rotatable bonds is 6. The molecule has 1 amide bonds. The highest BCUT2D eigenvalue weighted by Gasteiger charge is 2.14. The summed E-state index contributed by atoms with van der Waals surface area (Å²) in [5.41, 5.74) is 3.02. The maximum Gasteiger partial charge on any atom is 0.259 e. The lowest BCUT2D eigenvalue weighted by Crippen LogP contribution is -2.12. The van der Waals surface area contributed by atoms with Crippen molar-refractivity contribution < 1.29 is 13.9 Å². The molecule has 0 saturated heterocycles. The quantitative estimate of drug-likeness (QED) is 0.431. The molecule has 2 aromatic heterocycles. The van der Waals surface area contributed by atoms with Crippen molar-refractivity contribution in [2.45, 2.75) is 27.7 Å². The molecule has 1 N–H and O–H groups in total. The number of thiophene rings is 1. The van der Waals surface area contributed by atoms with Crippen molar-refractivity contribution in [3.63, 3.8) is 0 Å². The number of carbonyl (C=O) groups is 1. The fraction of sp³-hybridized carbons (Fsp3) is 0.167. The zero-order valence-electron chi connectivity index (χ0n) is 17.5. The van der Waals surface area contributed by atoms with Crippen LogP contribution < -0.4 is 5.32 Å². The molecule has 1 aromatic carbocycles. The zero-order valence-corrected chi connectivity index (χ0v) is 18.3. The summed E-state index contributed by atoms with van der Waals surface area (Å²) in [5.74, 6) is -0.440. The number of amides is 1. The topological polar surface area (TPSA) is 51.2 Å². The molecule has 3 rings (SSSR count). The van der Waals surface area contributed by atoms with E-state index in [1.54, 1.807) is 6.07 Å². The summed E-state index contributed by atoms with van der Waals surface area (Å²) in [4.78, 5) is 16.9. The van der Waals surface area contributed by atoms with E-state index < -0.39 is 11.7 Å². The summed E-state index contributed by atoms with van der Waals surface area (Å²) in [6.45, 7) is 11.5. The van der Waals surface area contributed by atoms with Crippen molar-refractivity contribution in [3.8, 4) is 10.4 Å². The molecule has 0 saturated carbocycles. The fourth-order valence-electron chi connectivity index (χ4n) is 2.72. The average Bonchev–Trinajstić information content (AvgIpc) is 3.22. The van der Waals surface area contributed by atoms with Crippen LogP contribution in [0, 0.1) is 12.7 Å². The van der Waals surface area contributed by atoms with Gasteiger partial charge in [-0.05, 0) is 55.3 Å². The molecule has 0 unspecified atom stereocenters. The zero-order chi connectivity index (χ0) is 22.1. The molecule has 6 heteroatoms. The first-order chi connectivity index (χ1) is 14.5. The second kappa shape index (κ2) is 11.1. The van der Waals surface area contributed by atoms with E-state index in [0.29, 0.717) is 5.00 Å². The molecule has 0 bridgehead atoms. The van der Waals surface area contributed by atoms with Crippen LogP contribution in [0.15, 0.2) is 67.7 Å². The van der Waals surface area contributed by atoms with Gasteiger partial charge >= 0.3 is 0 Å². The normalized spacial score (nSPS) is 10.6. The van der Waals surface area contributed by atoms with Crippen molar-refractivity contribution >= 4 is 28.0 Å². The highest BCUT2D eigenvalue weighted by atomic mass is 32.1. The van der Waals surface area contributed by atoms with Gasteiger partial charge in [0.15, 0.2) is 5.82 Å². The Bertz CT molecular complexity index is 1060. The van der Waals surface area contributed by atoms with Gasteiger partial charge in [-0.15, -0.1) is 11.3 Å². The van der Waals surface area contributed by atoms with Crippen LogP contribution in [0.1, 0.15) is 42.3 Å². The summed E-state index contributed by atoms with van der Waals surface area (Å²) >= 11 is 1.42. The number of aromatic nitrogens is 1. The molecule has 0 aliphatic carbocycles. The number of aryl methyl sites for hydroxylation is 1. The number of benzene rings is 1. The third-order valence-electron chi connectivity index (χ3n) is 4.12. The maximum atomic E-state index is 13.7. The van der Waals surface area contributed by atoms with Gasteiger partial charge in [-0.2, -0.15) is 0 Å². The van der Waals surface area contributed by atoms with E-state index in [9.17, 15) is 9.18 Å². The van der Waals surface area contributed by atoms with Gasteiger partial charge in [0, 0.05) is 16.6 Å². The molecule has 0 fully saturated rings. The van der Waals surface area contributed by atoms with Gasteiger partial charge in [0.2, 0.25) is 0 Å². The maximum absolute atomic E-state index is 13.7. The molecule has 0 aliphatic rings. The van der Waals surface area contributed by atoms with Crippen LogP contribution in [0.2, 0.25) is 0 Å².